The predicted molar refractivity (Wildman–Crippen MR) is 76.5 cm³/mol. The van der Waals surface area contributed by atoms with Gasteiger partial charge in [-0.05, 0) is 38.0 Å². The van der Waals surface area contributed by atoms with Crippen LogP contribution >= 0.6 is 0 Å². The molecule has 0 aliphatic heterocycles. The summed E-state index contributed by atoms with van der Waals surface area (Å²) in [6.45, 7) is 7.91. The summed E-state index contributed by atoms with van der Waals surface area (Å²) >= 11 is 0. The van der Waals surface area contributed by atoms with E-state index in [0.717, 1.165) is 18.4 Å². The highest BCUT2D eigenvalue weighted by molar-refractivity contribution is 5.77. The van der Waals surface area contributed by atoms with Crippen LogP contribution < -0.4 is 5.32 Å². The zero-order valence-electron chi connectivity index (χ0n) is 12.5. The van der Waals surface area contributed by atoms with E-state index in [2.05, 4.69) is 19.2 Å². The molecule has 106 valence electrons. The molecule has 0 radical (unpaired) electrons. The zero-order chi connectivity index (χ0) is 13.5. The van der Waals surface area contributed by atoms with Crippen molar-refractivity contribution >= 4 is 5.91 Å². The average Bonchev–Trinajstić information content (AvgIpc) is 2.34. The Morgan fingerprint density at radius 2 is 2.11 bits per heavy atom. The Labute approximate surface area is 112 Å². The molecule has 1 fully saturated rings. The Morgan fingerprint density at radius 1 is 1.39 bits per heavy atom. The van der Waals surface area contributed by atoms with Crippen LogP contribution in [0.3, 0.4) is 0 Å². The van der Waals surface area contributed by atoms with Gasteiger partial charge in [-0.15, -0.1) is 0 Å². The molecule has 1 aliphatic rings. The number of carbonyl (C=O) groups excluding carboxylic acids is 1. The number of nitrogens with zero attached hydrogens (tertiary/aromatic N) is 1. The van der Waals surface area contributed by atoms with E-state index in [0.29, 0.717) is 12.6 Å². The minimum Gasteiger partial charge on any atom is -0.345 e. The van der Waals surface area contributed by atoms with Crippen molar-refractivity contribution in [3.8, 4) is 0 Å². The fourth-order valence-corrected chi connectivity index (χ4v) is 2.90. The van der Waals surface area contributed by atoms with Gasteiger partial charge in [-0.2, -0.15) is 0 Å². The quantitative estimate of drug-likeness (QED) is 0.790. The summed E-state index contributed by atoms with van der Waals surface area (Å²) in [7, 11) is 1.87. The Balaban J connectivity index is 2.27. The van der Waals surface area contributed by atoms with Crippen molar-refractivity contribution in [3.05, 3.63) is 0 Å². The van der Waals surface area contributed by atoms with E-state index in [9.17, 15) is 4.79 Å². The minimum absolute atomic E-state index is 0.212. The van der Waals surface area contributed by atoms with Crippen LogP contribution in [-0.4, -0.2) is 37.0 Å². The normalized spacial score (nSPS) is 24.3. The Bertz CT molecular complexity index is 253. The van der Waals surface area contributed by atoms with Gasteiger partial charge in [0.2, 0.25) is 5.91 Å². The molecule has 1 N–H and O–H groups in total. The molecule has 0 aromatic carbocycles. The van der Waals surface area contributed by atoms with Gasteiger partial charge in [0.1, 0.15) is 0 Å². The molecule has 0 saturated heterocycles. The summed E-state index contributed by atoms with van der Waals surface area (Å²) in [4.78, 5) is 13.5. The molecule has 18 heavy (non-hydrogen) atoms. The number of amides is 1. The van der Waals surface area contributed by atoms with Gasteiger partial charge in [0.05, 0.1) is 6.54 Å². The van der Waals surface area contributed by atoms with Crippen molar-refractivity contribution in [1.82, 2.24) is 10.2 Å². The molecular weight excluding hydrogens is 224 g/mol. The summed E-state index contributed by atoms with van der Waals surface area (Å²) in [6, 6.07) is 0.553. The van der Waals surface area contributed by atoms with Gasteiger partial charge in [0.25, 0.3) is 0 Å². The van der Waals surface area contributed by atoms with Crippen molar-refractivity contribution in [2.45, 2.75) is 58.9 Å². The first-order chi connectivity index (χ1) is 8.52. The second-order valence-electron chi connectivity index (χ2n) is 6.15. The van der Waals surface area contributed by atoms with Crippen LogP contribution in [0.15, 0.2) is 0 Å². The zero-order valence-corrected chi connectivity index (χ0v) is 12.5. The van der Waals surface area contributed by atoms with Gasteiger partial charge in [-0.3, -0.25) is 4.79 Å². The molecular formula is C15H30N2O. The van der Waals surface area contributed by atoms with E-state index < -0.39 is 0 Å². The van der Waals surface area contributed by atoms with Crippen LogP contribution in [0.25, 0.3) is 0 Å². The lowest BCUT2D eigenvalue weighted by molar-refractivity contribution is -0.128. The lowest BCUT2D eigenvalue weighted by atomic mass is 9.81. The maximum absolute atomic E-state index is 11.7. The molecule has 0 aromatic heterocycles. The fourth-order valence-electron chi connectivity index (χ4n) is 2.90. The summed E-state index contributed by atoms with van der Waals surface area (Å²) in [5.74, 6) is 1.86. The molecule has 1 amide bonds. The standard InChI is InChI=1S/C15H30N2O/c1-5-17(4)15(18)11-16-14-8-6-7-13(10-14)9-12(2)3/h12-14,16H,5-11H2,1-4H3. The van der Waals surface area contributed by atoms with E-state index >= 15 is 0 Å². The highest BCUT2D eigenvalue weighted by Crippen LogP contribution is 2.29. The summed E-state index contributed by atoms with van der Waals surface area (Å²) in [5.41, 5.74) is 0. The lowest BCUT2D eigenvalue weighted by Gasteiger charge is -2.31. The van der Waals surface area contributed by atoms with E-state index in [1.165, 1.54) is 32.1 Å². The van der Waals surface area contributed by atoms with Crippen molar-refractivity contribution in [3.63, 3.8) is 0 Å². The molecule has 0 heterocycles. The first-order valence-electron chi connectivity index (χ1n) is 7.50. The van der Waals surface area contributed by atoms with E-state index in [4.69, 9.17) is 0 Å². The van der Waals surface area contributed by atoms with Crippen molar-refractivity contribution in [1.29, 1.82) is 0 Å². The molecule has 1 saturated carbocycles. The number of likely N-dealkylation sites (N-methyl/N-ethyl adjacent to an activating group) is 1. The molecule has 2 atom stereocenters. The number of rotatable bonds is 6. The number of carbonyl (C=O) groups is 1. The Morgan fingerprint density at radius 3 is 2.72 bits per heavy atom. The average molecular weight is 254 g/mol. The van der Waals surface area contributed by atoms with Crippen LogP contribution in [0.5, 0.6) is 0 Å². The van der Waals surface area contributed by atoms with E-state index in [-0.39, 0.29) is 5.91 Å². The predicted octanol–water partition coefficient (Wildman–Crippen LogP) is 2.66. The van der Waals surface area contributed by atoms with Crippen molar-refractivity contribution in [2.75, 3.05) is 20.1 Å². The molecule has 3 nitrogen and oxygen atoms in total. The van der Waals surface area contributed by atoms with Crippen molar-refractivity contribution in [2.24, 2.45) is 11.8 Å². The molecule has 1 aliphatic carbocycles. The fraction of sp³-hybridized carbons (Fsp3) is 0.933. The molecule has 0 bridgehead atoms. The molecule has 1 rings (SSSR count). The van der Waals surface area contributed by atoms with Crippen LogP contribution in [-0.2, 0) is 4.79 Å². The second-order valence-corrected chi connectivity index (χ2v) is 6.15. The topological polar surface area (TPSA) is 32.3 Å². The Kier molecular flexibility index (Phi) is 6.69. The SMILES string of the molecule is CCN(C)C(=O)CNC1CCCC(CC(C)C)C1. The van der Waals surface area contributed by atoms with Gasteiger partial charge >= 0.3 is 0 Å². The summed E-state index contributed by atoms with van der Waals surface area (Å²) in [6.07, 6.45) is 6.51. The monoisotopic (exact) mass is 254 g/mol. The molecule has 0 aromatic rings. The number of hydrogen-bond donors (Lipinski definition) is 1. The van der Waals surface area contributed by atoms with Crippen LogP contribution in [0.2, 0.25) is 0 Å². The van der Waals surface area contributed by atoms with Crippen molar-refractivity contribution < 1.29 is 4.79 Å². The largest absolute Gasteiger partial charge is 0.345 e. The first kappa shape index (κ1) is 15.5. The van der Waals surface area contributed by atoms with Gasteiger partial charge in [0.15, 0.2) is 0 Å². The Hall–Kier alpha value is -0.570. The maximum Gasteiger partial charge on any atom is 0.236 e. The summed E-state index contributed by atoms with van der Waals surface area (Å²) < 4.78 is 0. The minimum atomic E-state index is 0.212. The second kappa shape index (κ2) is 7.78. The smallest absolute Gasteiger partial charge is 0.236 e. The van der Waals surface area contributed by atoms with Gasteiger partial charge < -0.3 is 10.2 Å². The van der Waals surface area contributed by atoms with Gasteiger partial charge in [-0.1, -0.05) is 26.7 Å². The van der Waals surface area contributed by atoms with Crippen LogP contribution in [0.1, 0.15) is 52.9 Å². The van der Waals surface area contributed by atoms with Crippen LogP contribution in [0.4, 0.5) is 0 Å². The third kappa shape index (κ3) is 5.38. The lowest BCUT2D eigenvalue weighted by Crippen LogP contribution is -2.42. The third-order valence-corrected chi connectivity index (χ3v) is 4.03. The number of hydrogen-bond acceptors (Lipinski definition) is 2. The molecule has 3 heteroatoms. The highest BCUT2D eigenvalue weighted by atomic mass is 16.2. The highest BCUT2D eigenvalue weighted by Gasteiger charge is 2.22. The number of nitrogens with one attached hydrogen (secondary N) is 1. The van der Waals surface area contributed by atoms with Gasteiger partial charge in [-0.25, -0.2) is 0 Å². The maximum atomic E-state index is 11.7. The van der Waals surface area contributed by atoms with Gasteiger partial charge in [0, 0.05) is 19.6 Å². The van der Waals surface area contributed by atoms with Crippen LogP contribution in [0, 0.1) is 11.8 Å². The first-order valence-corrected chi connectivity index (χ1v) is 7.50. The molecule has 2 unspecified atom stereocenters. The third-order valence-electron chi connectivity index (χ3n) is 4.03. The summed E-state index contributed by atoms with van der Waals surface area (Å²) in [5, 5.41) is 3.45. The van der Waals surface area contributed by atoms with E-state index in [1.807, 2.05) is 14.0 Å². The van der Waals surface area contributed by atoms with E-state index in [1.54, 1.807) is 4.90 Å². The molecule has 0 spiro atoms.